The molecule has 6 heteroatoms. The number of fused-ring (bicyclic) bond motifs is 2. The van der Waals surface area contributed by atoms with Crippen molar-refractivity contribution in [3.05, 3.63) is 65.5 Å². The number of carbonyl (C=O) groups excluding carboxylic acids is 1. The summed E-state index contributed by atoms with van der Waals surface area (Å²) in [5.74, 6) is -0.340. The number of benzene rings is 2. The minimum absolute atomic E-state index is 0.124. The van der Waals surface area contributed by atoms with Crippen LogP contribution >= 0.6 is 0 Å². The average molecular weight is 399 g/mol. The molecule has 2 bridgehead atoms. The van der Waals surface area contributed by atoms with Crippen LogP contribution in [0.5, 0.6) is 5.75 Å². The first kappa shape index (κ1) is 19.7. The number of methoxy groups -OCH3 is 1. The predicted octanol–water partition coefficient (Wildman–Crippen LogP) is 4.38. The lowest BCUT2D eigenvalue weighted by Crippen LogP contribution is -2.58. The fourth-order valence-electron chi connectivity index (χ4n) is 4.71. The second kappa shape index (κ2) is 8.03. The van der Waals surface area contributed by atoms with E-state index in [4.69, 9.17) is 9.47 Å². The van der Waals surface area contributed by atoms with E-state index in [9.17, 15) is 14.3 Å². The second-order valence-electron chi connectivity index (χ2n) is 7.98. The predicted molar refractivity (Wildman–Crippen MR) is 106 cm³/mol. The molecule has 5 nitrogen and oxygen atoms in total. The Kier molecular flexibility index (Phi) is 5.46. The Morgan fingerprint density at radius 3 is 2.48 bits per heavy atom. The van der Waals surface area contributed by atoms with Crippen LogP contribution < -0.4 is 4.74 Å². The molecule has 0 spiro atoms. The number of hydrogen-bond acceptors (Lipinski definition) is 4. The maximum atomic E-state index is 14.2. The van der Waals surface area contributed by atoms with Gasteiger partial charge >= 0.3 is 6.09 Å². The van der Waals surface area contributed by atoms with Crippen LogP contribution in [0.4, 0.5) is 9.18 Å². The van der Waals surface area contributed by atoms with Gasteiger partial charge in [-0.15, -0.1) is 0 Å². The Hall–Kier alpha value is -2.60. The summed E-state index contributed by atoms with van der Waals surface area (Å²) in [7, 11) is 1.41. The van der Waals surface area contributed by atoms with Gasteiger partial charge in [0.25, 0.3) is 0 Å². The van der Waals surface area contributed by atoms with Crippen molar-refractivity contribution >= 4 is 6.09 Å². The largest absolute Gasteiger partial charge is 0.494 e. The van der Waals surface area contributed by atoms with Crippen LogP contribution in [0.3, 0.4) is 0 Å². The first-order chi connectivity index (χ1) is 14.0. The van der Waals surface area contributed by atoms with Crippen molar-refractivity contribution in [3.63, 3.8) is 0 Å². The molecule has 0 saturated carbocycles. The smallest absolute Gasteiger partial charge is 0.410 e. The van der Waals surface area contributed by atoms with Crippen LogP contribution in [0.15, 0.2) is 48.5 Å². The van der Waals surface area contributed by atoms with Crippen molar-refractivity contribution < 1.29 is 23.8 Å². The van der Waals surface area contributed by atoms with Gasteiger partial charge in [0.15, 0.2) is 11.6 Å². The molecule has 2 heterocycles. The molecule has 4 rings (SSSR count). The summed E-state index contributed by atoms with van der Waals surface area (Å²) < 4.78 is 24.7. The molecule has 0 radical (unpaired) electrons. The maximum absolute atomic E-state index is 14.2. The van der Waals surface area contributed by atoms with Crippen LogP contribution in [0, 0.1) is 5.82 Å². The summed E-state index contributed by atoms with van der Waals surface area (Å²) >= 11 is 0. The average Bonchev–Trinajstić information content (AvgIpc) is 2.72. The van der Waals surface area contributed by atoms with Crippen LogP contribution in [0.1, 0.15) is 43.2 Å². The molecular weight excluding hydrogens is 373 g/mol. The van der Waals surface area contributed by atoms with E-state index in [0.717, 1.165) is 24.8 Å². The third-order valence-electron chi connectivity index (χ3n) is 6.11. The number of hydrogen-bond donors (Lipinski definition) is 1. The van der Waals surface area contributed by atoms with Crippen LogP contribution in [-0.2, 0) is 16.9 Å². The Morgan fingerprint density at radius 2 is 1.86 bits per heavy atom. The Morgan fingerprint density at radius 1 is 1.17 bits per heavy atom. The van der Waals surface area contributed by atoms with Gasteiger partial charge in [-0.2, -0.15) is 0 Å². The Balaban J connectivity index is 1.50. The fraction of sp³-hybridized carbons (Fsp3) is 0.435. The number of nitrogens with zero attached hydrogens (tertiary/aromatic N) is 1. The highest BCUT2D eigenvalue weighted by Crippen LogP contribution is 2.45. The van der Waals surface area contributed by atoms with E-state index in [-0.39, 0.29) is 30.5 Å². The summed E-state index contributed by atoms with van der Waals surface area (Å²) in [4.78, 5) is 14.6. The van der Waals surface area contributed by atoms with E-state index >= 15 is 0 Å². The molecule has 29 heavy (non-hydrogen) atoms. The standard InChI is InChI=1S/C23H26FNO4/c1-28-21-11-10-17(12-20(21)24)23(27)13-18-8-5-9-19(14-23)25(18)22(26)29-15-16-6-3-2-4-7-16/h2-4,6-7,10-12,18-19,27H,5,8-9,13-15H2,1H3. The molecule has 2 aromatic carbocycles. The molecule has 154 valence electrons. The van der Waals surface area contributed by atoms with E-state index in [1.54, 1.807) is 17.0 Å². The van der Waals surface area contributed by atoms with Gasteiger partial charge < -0.3 is 19.5 Å². The second-order valence-corrected chi connectivity index (χ2v) is 7.98. The minimum Gasteiger partial charge on any atom is -0.494 e. The molecule has 2 aliphatic heterocycles. The van der Waals surface area contributed by atoms with Gasteiger partial charge in [-0.05, 0) is 42.5 Å². The number of carbonyl (C=O) groups is 1. The van der Waals surface area contributed by atoms with E-state index < -0.39 is 11.4 Å². The lowest BCUT2D eigenvalue weighted by atomic mass is 9.72. The molecule has 1 amide bonds. The van der Waals surface area contributed by atoms with Gasteiger partial charge in [0, 0.05) is 24.9 Å². The van der Waals surface area contributed by atoms with E-state index in [2.05, 4.69) is 0 Å². The molecule has 0 aromatic heterocycles. The molecule has 2 atom stereocenters. The highest BCUT2D eigenvalue weighted by Gasteiger charge is 2.48. The molecule has 2 fully saturated rings. The van der Waals surface area contributed by atoms with Gasteiger partial charge in [-0.25, -0.2) is 9.18 Å². The molecule has 2 saturated heterocycles. The van der Waals surface area contributed by atoms with E-state index in [0.29, 0.717) is 18.4 Å². The van der Waals surface area contributed by atoms with Crippen molar-refractivity contribution in [2.24, 2.45) is 0 Å². The van der Waals surface area contributed by atoms with E-state index in [1.165, 1.54) is 13.2 Å². The molecular formula is C23H26FNO4. The third kappa shape index (κ3) is 3.94. The van der Waals surface area contributed by atoms with Crippen LogP contribution in [-0.4, -0.2) is 35.3 Å². The maximum Gasteiger partial charge on any atom is 0.410 e. The summed E-state index contributed by atoms with van der Waals surface area (Å²) in [6, 6.07) is 13.9. The van der Waals surface area contributed by atoms with Crippen molar-refractivity contribution in [1.82, 2.24) is 4.90 Å². The van der Waals surface area contributed by atoms with Gasteiger partial charge in [0.2, 0.25) is 0 Å². The monoisotopic (exact) mass is 399 g/mol. The molecule has 2 aromatic rings. The Bertz CT molecular complexity index is 858. The number of piperidine rings is 2. The summed E-state index contributed by atoms with van der Waals surface area (Å²) in [6.07, 6.45) is 3.01. The normalized spacial score (nSPS) is 26.1. The quantitative estimate of drug-likeness (QED) is 0.829. The zero-order chi connectivity index (χ0) is 20.4. The lowest BCUT2D eigenvalue weighted by molar-refractivity contribution is -0.0897. The van der Waals surface area contributed by atoms with Crippen LogP contribution in [0.25, 0.3) is 0 Å². The lowest BCUT2D eigenvalue weighted by Gasteiger charge is -2.51. The molecule has 0 aliphatic carbocycles. The summed E-state index contributed by atoms with van der Waals surface area (Å²) in [5.41, 5.74) is 0.303. The minimum atomic E-state index is -1.17. The van der Waals surface area contributed by atoms with Crippen molar-refractivity contribution in [1.29, 1.82) is 0 Å². The molecule has 2 unspecified atom stereocenters. The van der Waals surface area contributed by atoms with E-state index in [1.807, 2.05) is 30.3 Å². The molecule has 1 N–H and O–H groups in total. The number of rotatable bonds is 4. The Labute approximate surface area is 170 Å². The number of aliphatic hydroxyl groups is 1. The first-order valence-electron chi connectivity index (χ1n) is 10.1. The zero-order valence-electron chi connectivity index (χ0n) is 16.5. The van der Waals surface area contributed by atoms with Crippen molar-refractivity contribution in [2.75, 3.05) is 7.11 Å². The number of amides is 1. The topological polar surface area (TPSA) is 59.0 Å². The van der Waals surface area contributed by atoms with Gasteiger partial charge in [-0.3, -0.25) is 0 Å². The third-order valence-corrected chi connectivity index (χ3v) is 6.11. The van der Waals surface area contributed by atoms with Crippen molar-refractivity contribution in [2.45, 2.75) is 56.4 Å². The number of ether oxygens (including phenoxy) is 2. The highest BCUT2D eigenvalue weighted by molar-refractivity contribution is 5.69. The number of halogens is 1. The van der Waals surface area contributed by atoms with Crippen LogP contribution in [0.2, 0.25) is 0 Å². The van der Waals surface area contributed by atoms with Gasteiger partial charge in [-0.1, -0.05) is 36.4 Å². The van der Waals surface area contributed by atoms with Gasteiger partial charge in [0.05, 0.1) is 12.7 Å². The highest BCUT2D eigenvalue weighted by atomic mass is 19.1. The molecule has 2 aliphatic rings. The summed E-state index contributed by atoms with van der Waals surface area (Å²) in [6.45, 7) is 0.226. The zero-order valence-corrected chi connectivity index (χ0v) is 16.5. The SMILES string of the molecule is COc1ccc(C2(O)CC3CCCC(C2)N3C(=O)OCc2ccccc2)cc1F. The summed E-state index contributed by atoms with van der Waals surface area (Å²) in [5, 5.41) is 11.4. The fourth-order valence-corrected chi connectivity index (χ4v) is 4.71. The van der Waals surface area contributed by atoms with Crippen molar-refractivity contribution in [3.8, 4) is 5.75 Å². The van der Waals surface area contributed by atoms with Gasteiger partial charge in [0.1, 0.15) is 6.61 Å². The first-order valence-corrected chi connectivity index (χ1v) is 10.1.